The molecule has 16 heavy (non-hydrogen) atoms. The topological polar surface area (TPSA) is 74.2 Å². The SMILES string of the molecule is CC(C)Oc1ccc(NC(=O)NC#N)cc1. The van der Waals surface area contributed by atoms with E-state index in [0.717, 1.165) is 5.75 Å². The Hall–Kier alpha value is -2.22. The Labute approximate surface area is 94.0 Å². The van der Waals surface area contributed by atoms with E-state index in [4.69, 9.17) is 10.00 Å². The predicted octanol–water partition coefficient (Wildman–Crippen LogP) is 2.08. The van der Waals surface area contributed by atoms with Crippen LogP contribution in [0.1, 0.15) is 13.8 Å². The van der Waals surface area contributed by atoms with Gasteiger partial charge < -0.3 is 10.1 Å². The molecule has 0 unspecified atom stereocenters. The zero-order chi connectivity index (χ0) is 12.0. The molecule has 0 aliphatic carbocycles. The lowest BCUT2D eigenvalue weighted by molar-refractivity contribution is 0.242. The maximum absolute atomic E-state index is 11.0. The van der Waals surface area contributed by atoms with Gasteiger partial charge >= 0.3 is 6.03 Å². The first-order valence-corrected chi connectivity index (χ1v) is 4.84. The molecule has 0 bridgehead atoms. The van der Waals surface area contributed by atoms with Crippen molar-refractivity contribution in [1.29, 1.82) is 5.26 Å². The Morgan fingerprint density at radius 3 is 2.50 bits per heavy atom. The van der Waals surface area contributed by atoms with Crippen molar-refractivity contribution in [1.82, 2.24) is 5.32 Å². The maximum atomic E-state index is 11.0. The second kappa shape index (κ2) is 5.61. The molecule has 5 nitrogen and oxygen atoms in total. The van der Waals surface area contributed by atoms with Gasteiger partial charge in [0.25, 0.3) is 0 Å². The number of nitrogens with one attached hydrogen (secondary N) is 2. The van der Waals surface area contributed by atoms with E-state index in [1.807, 2.05) is 19.2 Å². The van der Waals surface area contributed by atoms with Gasteiger partial charge in [0.2, 0.25) is 0 Å². The largest absolute Gasteiger partial charge is 0.491 e. The molecule has 0 saturated heterocycles. The molecule has 0 radical (unpaired) electrons. The van der Waals surface area contributed by atoms with Gasteiger partial charge in [-0.2, -0.15) is 5.26 Å². The third-order valence-electron chi connectivity index (χ3n) is 1.65. The monoisotopic (exact) mass is 219 g/mol. The van der Waals surface area contributed by atoms with Gasteiger partial charge in [0, 0.05) is 5.69 Å². The molecule has 0 fully saturated rings. The molecule has 1 aromatic carbocycles. The number of nitrogens with zero attached hydrogens (tertiary/aromatic N) is 1. The number of anilines is 1. The van der Waals surface area contributed by atoms with Crippen LogP contribution in [0.5, 0.6) is 5.75 Å². The molecule has 84 valence electrons. The number of rotatable bonds is 3. The maximum Gasteiger partial charge on any atom is 0.332 e. The second-order valence-corrected chi connectivity index (χ2v) is 3.38. The minimum Gasteiger partial charge on any atom is -0.491 e. The van der Waals surface area contributed by atoms with Gasteiger partial charge in [0.15, 0.2) is 6.19 Å². The molecule has 0 atom stereocenters. The Balaban J connectivity index is 2.58. The highest BCUT2D eigenvalue weighted by molar-refractivity contribution is 5.90. The first kappa shape index (κ1) is 11.9. The highest BCUT2D eigenvalue weighted by atomic mass is 16.5. The summed E-state index contributed by atoms with van der Waals surface area (Å²) in [6.07, 6.45) is 1.65. The Morgan fingerprint density at radius 2 is 2.00 bits per heavy atom. The number of benzene rings is 1. The predicted molar refractivity (Wildman–Crippen MR) is 60.0 cm³/mol. The van der Waals surface area contributed by atoms with Crippen LogP contribution >= 0.6 is 0 Å². The molecule has 1 rings (SSSR count). The first-order chi connectivity index (χ1) is 7.61. The van der Waals surface area contributed by atoms with Crippen molar-refractivity contribution in [3.05, 3.63) is 24.3 Å². The Bertz CT molecular complexity index is 393. The average Bonchev–Trinajstić information content (AvgIpc) is 2.20. The summed E-state index contributed by atoms with van der Waals surface area (Å²) >= 11 is 0. The van der Waals surface area contributed by atoms with Gasteiger partial charge in [-0.05, 0) is 38.1 Å². The van der Waals surface area contributed by atoms with Gasteiger partial charge in [0.05, 0.1) is 6.10 Å². The number of carbonyl (C=O) groups is 1. The van der Waals surface area contributed by atoms with Gasteiger partial charge in [0.1, 0.15) is 5.75 Å². The van der Waals surface area contributed by atoms with Gasteiger partial charge in [-0.1, -0.05) is 0 Å². The number of urea groups is 1. The van der Waals surface area contributed by atoms with Crippen LogP contribution in [0.2, 0.25) is 0 Å². The Morgan fingerprint density at radius 1 is 1.38 bits per heavy atom. The standard InChI is InChI=1S/C11H13N3O2/c1-8(2)16-10-5-3-9(4-6-10)14-11(15)13-7-12/h3-6,8H,1-2H3,(H2,13,14,15). The molecule has 2 amide bonds. The lowest BCUT2D eigenvalue weighted by Crippen LogP contribution is -2.23. The summed E-state index contributed by atoms with van der Waals surface area (Å²) in [6.45, 7) is 3.87. The van der Waals surface area contributed by atoms with Gasteiger partial charge in [-0.15, -0.1) is 0 Å². The summed E-state index contributed by atoms with van der Waals surface area (Å²) in [5, 5.41) is 12.7. The quantitative estimate of drug-likeness (QED) is 0.603. The van der Waals surface area contributed by atoms with Crippen LogP contribution in [-0.2, 0) is 0 Å². The number of ether oxygens (including phenoxy) is 1. The van der Waals surface area contributed by atoms with Crippen molar-refractivity contribution in [2.45, 2.75) is 20.0 Å². The fourth-order valence-electron chi connectivity index (χ4n) is 1.10. The summed E-state index contributed by atoms with van der Waals surface area (Å²) in [5.41, 5.74) is 0.601. The second-order valence-electron chi connectivity index (χ2n) is 3.38. The van der Waals surface area contributed by atoms with Crippen molar-refractivity contribution in [2.24, 2.45) is 0 Å². The van der Waals surface area contributed by atoms with Crippen LogP contribution < -0.4 is 15.4 Å². The number of nitriles is 1. The van der Waals surface area contributed by atoms with E-state index < -0.39 is 6.03 Å². The van der Waals surface area contributed by atoms with Crippen LogP contribution in [-0.4, -0.2) is 12.1 Å². The third kappa shape index (κ3) is 3.88. The van der Waals surface area contributed by atoms with Gasteiger partial charge in [-0.3, -0.25) is 0 Å². The number of amides is 2. The van der Waals surface area contributed by atoms with E-state index in [0.29, 0.717) is 5.69 Å². The molecule has 0 aliphatic rings. The molecule has 0 heterocycles. The average molecular weight is 219 g/mol. The molecule has 0 aliphatic heterocycles. The zero-order valence-corrected chi connectivity index (χ0v) is 9.15. The molecular formula is C11H13N3O2. The van der Waals surface area contributed by atoms with Crippen molar-refractivity contribution < 1.29 is 9.53 Å². The number of hydrogen-bond donors (Lipinski definition) is 2. The molecule has 0 saturated carbocycles. The van der Waals surface area contributed by atoms with E-state index in [1.165, 1.54) is 6.19 Å². The highest BCUT2D eigenvalue weighted by Gasteiger charge is 2.01. The summed E-state index contributed by atoms with van der Waals surface area (Å²) in [6, 6.07) is 6.35. The summed E-state index contributed by atoms with van der Waals surface area (Å²) in [7, 11) is 0. The van der Waals surface area contributed by atoms with E-state index in [9.17, 15) is 4.79 Å². The fourth-order valence-corrected chi connectivity index (χ4v) is 1.10. The van der Waals surface area contributed by atoms with E-state index in [-0.39, 0.29) is 6.10 Å². The lowest BCUT2D eigenvalue weighted by Gasteiger charge is -2.10. The first-order valence-electron chi connectivity index (χ1n) is 4.84. The summed E-state index contributed by atoms with van der Waals surface area (Å²) < 4.78 is 5.44. The zero-order valence-electron chi connectivity index (χ0n) is 9.15. The third-order valence-corrected chi connectivity index (χ3v) is 1.65. The fraction of sp³-hybridized carbons (Fsp3) is 0.273. The van der Waals surface area contributed by atoms with Crippen LogP contribution in [0.15, 0.2) is 24.3 Å². The molecule has 2 N–H and O–H groups in total. The van der Waals surface area contributed by atoms with Crippen molar-refractivity contribution in [3.8, 4) is 11.9 Å². The van der Waals surface area contributed by atoms with E-state index in [1.54, 1.807) is 24.3 Å². The number of hydrogen-bond acceptors (Lipinski definition) is 3. The minimum absolute atomic E-state index is 0.112. The van der Waals surface area contributed by atoms with Crippen molar-refractivity contribution in [3.63, 3.8) is 0 Å². The van der Waals surface area contributed by atoms with E-state index >= 15 is 0 Å². The van der Waals surface area contributed by atoms with Crippen LogP contribution in [0.25, 0.3) is 0 Å². The Kier molecular flexibility index (Phi) is 4.16. The minimum atomic E-state index is -0.556. The molecular weight excluding hydrogens is 206 g/mol. The molecule has 0 spiro atoms. The molecule has 5 heteroatoms. The summed E-state index contributed by atoms with van der Waals surface area (Å²) in [4.78, 5) is 11.0. The van der Waals surface area contributed by atoms with E-state index in [2.05, 4.69) is 5.32 Å². The lowest BCUT2D eigenvalue weighted by atomic mass is 10.3. The smallest absolute Gasteiger partial charge is 0.332 e. The highest BCUT2D eigenvalue weighted by Crippen LogP contribution is 2.16. The molecule has 0 aromatic heterocycles. The van der Waals surface area contributed by atoms with Crippen LogP contribution in [0.3, 0.4) is 0 Å². The van der Waals surface area contributed by atoms with Gasteiger partial charge in [-0.25, -0.2) is 10.1 Å². The van der Waals surface area contributed by atoms with Crippen molar-refractivity contribution >= 4 is 11.7 Å². The number of carbonyl (C=O) groups excluding carboxylic acids is 1. The summed E-state index contributed by atoms with van der Waals surface area (Å²) in [5.74, 6) is 0.737. The van der Waals surface area contributed by atoms with Crippen molar-refractivity contribution in [2.75, 3.05) is 5.32 Å². The normalized spacial score (nSPS) is 9.38. The molecule has 1 aromatic rings. The van der Waals surface area contributed by atoms with Crippen LogP contribution in [0.4, 0.5) is 10.5 Å². The van der Waals surface area contributed by atoms with Crippen LogP contribution in [0, 0.1) is 11.5 Å².